The number of hydrogen-bond donors (Lipinski definition) is 3. The molecule has 0 fully saturated rings. The summed E-state index contributed by atoms with van der Waals surface area (Å²) in [7, 11) is 0. The molecule has 0 saturated heterocycles. The number of guanidine groups is 1. The second-order valence-electron chi connectivity index (χ2n) is 4.85. The number of nitrogens with zero attached hydrogens (tertiary/aromatic N) is 1. The van der Waals surface area contributed by atoms with Gasteiger partial charge in [0.1, 0.15) is 6.54 Å². The van der Waals surface area contributed by atoms with Crippen LogP contribution in [0.4, 0.5) is 0 Å². The third-order valence-corrected chi connectivity index (χ3v) is 3.17. The summed E-state index contributed by atoms with van der Waals surface area (Å²) in [5, 5.41) is 9.89. The summed E-state index contributed by atoms with van der Waals surface area (Å²) >= 11 is 5.86. The van der Waals surface area contributed by atoms with Gasteiger partial charge in [-0.2, -0.15) is 0 Å². The average molecular weight is 453 g/mol. The van der Waals surface area contributed by atoms with Crippen LogP contribution in [0.1, 0.15) is 25.8 Å². The largest absolute Gasteiger partial charge is 0.357 e. The van der Waals surface area contributed by atoms with Gasteiger partial charge in [-0.25, -0.2) is 4.99 Å². The zero-order valence-corrected chi connectivity index (χ0v) is 16.8. The van der Waals surface area contributed by atoms with E-state index >= 15 is 0 Å². The maximum Gasteiger partial charge on any atom is 0.241 e. The van der Waals surface area contributed by atoms with Gasteiger partial charge in [-0.1, -0.05) is 30.7 Å². The Hall–Kier alpha value is -1.02. The summed E-state index contributed by atoms with van der Waals surface area (Å²) in [5.41, 5.74) is 1.20. The van der Waals surface area contributed by atoms with E-state index < -0.39 is 0 Å². The first kappa shape index (κ1) is 22.0. The summed E-state index contributed by atoms with van der Waals surface area (Å²) in [6, 6.07) is 7.78. The first-order valence-corrected chi connectivity index (χ1v) is 8.06. The van der Waals surface area contributed by atoms with Crippen molar-refractivity contribution in [3.05, 3.63) is 34.9 Å². The van der Waals surface area contributed by atoms with Crippen molar-refractivity contribution in [2.75, 3.05) is 26.2 Å². The minimum absolute atomic E-state index is 0. The number of rotatable bonds is 8. The number of carbonyl (C=O) groups excluding carboxylic acids is 1. The maximum absolute atomic E-state index is 11.6. The molecule has 1 aromatic rings. The maximum atomic E-state index is 11.6. The van der Waals surface area contributed by atoms with Crippen LogP contribution in [-0.2, 0) is 11.2 Å². The second kappa shape index (κ2) is 13.4. The van der Waals surface area contributed by atoms with Gasteiger partial charge >= 0.3 is 0 Å². The molecule has 0 bridgehead atoms. The molecule has 130 valence electrons. The lowest BCUT2D eigenvalue weighted by molar-refractivity contribution is -0.119. The van der Waals surface area contributed by atoms with Gasteiger partial charge in [0.25, 0.3) is 0 Å². The Morgan fingerprint density at radius 2 is 1.78 bits per heavy atom. The molecule has 0 unspecified atom stereocenters. The molecule has 0 heterocycles. The van der Waals surface area contributed by atoms with Gasteiger partial charge in [0.2, 0.25) is 5.91 Å². The number of hydrogen-bond acceptors (Lipinski definition) is 2. The van der Waals surface area contributed by atoms with Crippen LogP contribution in [0.2, 0.25) is 5.02 Å². The normalized spacial score (nSPS) is 10.7. The molecule has 0 aliphatic heterocycles. The molecule has 0 spiro atoms. The van der Waals surface area contributed by atoms with E-state index in [1.807, 2.05) is 38.1 Å². The van der Waals surface area contributed by atoms with E-state index in [0.717, 1.165) is 31.0 Å². The summed E-state index contributed by atoms with van der Waals surface area (Å²) in [6.45, 7) is 6.33. The Kier molecular flexibility index (Phi) is 12.8. The van der Waals surface area contributed by atoms with Crippen molar-refractivity contribution in [2.45, 2.75) is 26.7 Å². The van der Waals surface area contributed by atoms with Gasteiger partial charge in [-0.3, -0.25) is 4.79 Å². The van der Waals surface area contributed by atoms with Crippen molar-refractivity contribution in [1.82, 2.24) is 16.0 Å². The lowest BCUT2D eigenvalue weighted by atomic mass is 10.1. The quantitative estimate of drug-likeness (QED) is 0.323. The second-order valence-corrected chi connectivity index (χ2v) is 5.28. The molecule has 0 atom stereocenters. The van der Waals surface area contributed by atoms with Crippen molar-refractivity contribution >= 4 is 47.4 Å². The lowest BCUT2D eigenvalue weighted by Gasteiger charge is -2.11. The van der Waals surface area contributed by atoms with Gasteiger partial charge < -0.3 is 16.0 Å². The number of benzene rings is 1. The number of aliphatic imine (C=N–C) groups is 1. The van der Waals surface area contributed by atoms with Crippen molar-refractivity contribution in [1.29, 1.82) is 0 Å². The van der Waals surface area contributed by atoms with Crippen LogP contribution >= 0.6 is 35.6 Å². The van der Waals surface area contributed by atoms with Crippen LogP contribution in [-0.4, -0.2) is 38.0 Å². The molecule has 0 saturated carbocycles. The predicted molar refractivity (Wildman–Crippen MR) is 108 cm³/mol. The molecular weight excluding hydrogens is 427 g/mol. The van der Waals surface area contributed by atoms with Crippen LogP contribution < -0.4 is 16.0 Å². The van der Waals surface area contributed by atoms with E-state index in [-0.39, 0.29) is 36.4 Å². The molecule has 1 aromatic carbocycles. The predicted octanol–water partition coefficient (Wildman–Crippen LogP) is 2.58. The monoisotopic (exact) mass is 452 g/mol. The Bertz CT molecular complexity index is 479. The zero-order valence-electron chi connectivity index (χ0n) is 13.7. The summed E-state index contributed by atoms with van der Waals surface area (Å²) in [5.74, 6) is 0.597. The molecule has 7 heteroatoms. The number of halogens is 2. The fourth-order valence-electron chi connectivity index (χ4n) is 1.79. The van der Waals surface area contributed by atoms with Gasteiger partial charge in [0.15, 0.2) is 5.96 Å². The fourth-order valence-corrected chi connectivity index (χ4v) is 1.92. The molecule has 1 rings (SSSR count). The standard InChI is InChI=1S/C16H25ClN4O.HI/c1-3-10-19-15(22)12-21-16(18-4-2)20-11-9-13-5-7-14(17)8-6-13;/h5-8H,3-4,9-12H2,1-2H3,(H,19,22)(H2,18,20,21);1H. The minimum atomic E-state index is -0.0586. The van der Waals surface area contributed by atoms with Crippen LogP contribution in [0.5, 0.6) is 0 Å². The molecular formula is C16H26ClIN4O. The van der Waals surface area contributed by atoms with E-state index in [0.29, 0.717) is 12.5 Å². The third-order valence-electron chi connectivity index (χ3n) is 2.92. The minimum Gasteiger partial charge on any atom is -0.357 e. The van der Waals surface area contributed by atoms with Crippen molar-refractivity contribution in [3.63, 3.8) is 0 Å². The van der Waals surface area contributed by atoms with Gasteiger partial charge in [-0.05, 0) is 37.5 Å². The molecule has 0 radical (unpaired) electrons. The van der Waals surface area contributed by atoms with Gasteiger partial charge in [-0.15, -0.1) is 24.0 Å². The van der Waals surface area contributed by atoms with Crippen molar-refractivity contribution in [2.24, 2.45) is 4.99 Å². The van der Waals surface area contributed by atoms with Gasteiger partial charge in [0.05, 0.1) is 0 Å². The summed E-state index contributed by atoms with van der Waals surface area (Å²) < 4.78 is 0. The van der Waals surface area contributed by atoms with E-state index in [2.05, 4.69) is 20.9 Å². The number of carbonyl (C=O) groups is 1. The van der Waals surface area contributed by atoms with Crippen LogP contribution in [0.15, 0.2) is 29.3 Å². The Labute approximate surface area is 160 Å². The summed E-state index contributed by atoms with van der Waals surface area (Å²) in [6.07, 6.45) is 1.79. The molecule has 3 N–H and O–H groups in total. The van der Waals surface area contributed by atoms with E-state index in [1.165, 1.54) is 5.56 Å². The van der Waals surface area contributed by atoms with E-state index in [1.54, 1.807) is 0 Å². The SMILES string of the molecule is CCCNC(=O)CN=C(NCC)NCCc1ccc(Cl)cc1.I. The Balaban J connectivity index is 0.00000484. The highest BCUT2D eigenvalue weighted by atomic mass is 127. The zero-order chi connectivity index (χ0) is 16.2. The molecule has 0 aromatic heterocycles. The Morgan fingerprint density at radius 1 is 1.09 bits per heavy atom. The first-order valence-electron chi connectivity index (χ1n) is 7.69. The van der Waals surface area contributed by atoms with E-state index in [9.17, 15) is 4.79 Å². The highest BCUT2D eigenvalue weighted by molar-refractivity contribution is 14.0. The van der Waals surface area contributed by atoms with Crippen LogP contribution in [0.25, 0.3) is 0 Å². The molecule has 5 nitrogen and oxygen atoms in total. The highest BCUT2D eigenvalue weighted by Gasteiger charge is 2.01. The van der Waals surface area contributed by atoms with E-state index in [4.69, 9.17) is 11.6 Å². The smallest absolute Gasteiger partial charge is 0.241 e. The molecule has 1 amide bonds. The number of nitrogens with one attached hydrogen (secondary N) is 3. The van der Waals surface area contributed by atoms with Crippen LogP contribution in [0.3, 0.4) is 0 Å². The van der Waals surface area contributed by atoms with Crippen molar-refractivity contribution in [3.8, 4) is 0 Å². The third kappa shape index (κ3) is 10.4. The lowest BCUT2D eigenvalue weighted by Crippen LogP contribution is -2.39. The van der Waals surface area contributed by atoms with Gasteiger partial charge in [0, 0.05) is 24.7 Å². The van der Waals surface area contributed by atoms with Crippen molar-refractivity contribution < 1.29 is 4.79 Å². The topological polar surface area (TPSA) is 65.5 Å². The highest BCUT2D eigenvalue weighted by Crippen LogP contribution is 2.09. The molecule has 0 aliphatic carbocycles. The first-order chi connectivity index (χ1) is 10.7. The summed E-state index contributed by atoms with van der Waals surface area (Å²) in [4.78, 5) is 15.8. The molecule has 0 aliphatic rings. The van der Waals surface area contributed by atoms with Crippen LogP contribution in [0, 0.1) is 0 Å². The fraction of sp³-hybridized carbons (Fsp3) is 0.500. The average Bonchev–Trinajstić information content (AvgIpc) is 2.52. The Morgan fingerprint density at radius 3 is 2.39 bits per heavy atom. The number of amides is 1. The molecule has 23 heavy (non-hydrogen) atoms.